The SMILES string of the molecule is C[C@@H](OC[C@@]1(c2ccccc2)C[C@H](N2CCCC2)CN1)c1cc(C(F)(F)F)cc(C(F)(F)F)c1. The Balaban J connectivity index is 1.57. The van der Waals surface area contributed by atoms with Gasteiger partial charge in [-0.2, -0.15) is 26.3 Å². The molecule has 0 aromatic heterocycles. The van der Waals surface area contributed by atoms with Crippen LogP contribution >= 0.6 is 0 Å². The summed E-state index contributed by atoms with van der Waals surface area (Å²) in [5.41, 5.74) is -2.40. The van der Waals surface area contributed by atoms with Crippen LogP contribution in [0.4, 0.5) is 26.3 Å². The molecular weight excluding hydrogens is 458 g/mol. The Morgan fingerprint density at radius 2 is 1.56 bits per heavy atom. The van der Waals surface area contributed by atoms with Crippen LogP contribution in [0.25, 0.3) is 0 Å². The molecule has 2 aliphatic rings. The van der Waals surface area contributed by atoms with Crippen molar-refractivity contribution in [2.24, 2.45) is 0 Å². The molecule has 0 bridgehead atoms. The fourth-order valence-electron chi connectivity index (χ4n) is 4.97. The average molecular weight is 486 g/mol. The number of likely N-dealkylation sites (tertiary alicyclic amines) is 1. The lowest BCUT2D eigenvalue weighted by Crippen LogP contribution is -2.41. The second-order valence-corrected chi connectivity index (χ2v) is 9.22. The van der Waals surface area contributed by atoms with Crippen molar-refractivity contribution in [3.05, 3.63) is 70.8 Å². The van der Waals surface area contributed by atoms with Crippen molar-refractivity contribution in [2.45, 2.75) is 56.2 Å². The Hall–Kier alpha value is -2.10. The highest BCUT2D eigenvalue weighted by Crippen LogP contribution is 2.39. The van der Waals surface area contributed by atoms with Crippen LogP contribution < -0.4 is 5.32 Å². The molecule has 2 aliphatic heterocycles. The normalized spacial score (nSPS) is 25.1. The van der Waals surface area contributed by atoms with Crippen LogP contribution in [-0.2, 0) is 22.6 Å². The summed E-state index contributed by atoms with van der Waals surface area (Å²) in [6, 6.07) is 11.6. The third kappa shape index (κ3) is 5.42. The zero-order valence-corrected chi connectivity index (χ0v) is 18.8. The number of hydrogen-bond acceptors (Lipinski definition) is 3. The first kappa shape index (κ1) is 25.0. The van der Waals surface area contributed by atoms with E-state index in [1.807, 2.05) is 30.3 Å². The van der Waals surface area contributed by atoms with E-state index in [4.69, 9.17) is 4.74 Å². The van der Waals surface area contributed by atoms with Gasteiger partial charge in [-0.1, -0.05) is 30.3 Å². The molecule has 0 radical (unpaired) electrons. The molecular formula is C25H28F6N2O. The standard InChI is InChI=1S/C25H28F6N2O/c1-17(18-11-20(24(26,27)28)13-21(12-18)25(29,30)31)34-16-23(19-7-3-2-4-8-19)14-22(15-32-23)33-9-5-6-10-33/h2-4,7-8,11-13,17,22,32H,5-6,9-10,14-16H2,1H3/t17-,22+,23-/m1/s1. The summed E-state index contributed by atoms with van der Waals surface area (Å²) < 4.78 is 85.7. The summed E-state index contributed by atoms with van der Waals surface area (Å²) in [5.74, 6) is 0. The highest BCUT2D eigenvalue weighted by molar-refractivity contribution is 5.35. The van der Waals surface area contributed by atoms with Crippen molar-refractivity contribution < 1.29 is 31.1 Å². The van der Waals surface area contributed by atoms with Crippen molar-refractivity contribution in [2.75, 3.05) is 26.2 Å². The van der Waals surface area contributed by atoms with Gasteiger partial charge in [0.15, 0.2) is 0 Å². The lowest BCUT2D eigenvalue weighted by Gasteiger charge is -2.33. The topological polar surface area (TPSA) is 24.5 Å². The van der Waals surface area contributed by atoms with Crippen molar-refractivity contribution in [3.8, 4) is 0 Å². The summed E-state index contributed by atoms with van der Waals surface area (Å²) in [7, 11) is 0. The molecule has 2 heterocycles. The minimum atomic E-state index is -4.89. The van der Waals surface area contributed by atoms with Crippen LogP contribution in [0.5, 0.6) is 0 Å². The van der Waals surface area contributed by atoms with E-state index in [1.54, 1.807) is 0 Å². The molecule has 2 aromatic carbocycles. The van der Waals surface area contributed by atoms with E-state index < -0.39 is 35.1 Å². The van der Waals surface area contributed by atoms with Gasteiger partial charge in [0.1, 0.15) is 0 Å². The molecule has 34 heavy (non-hydrogen) atoms. The maximum absolute atomic E-state index is 13.3. The molecule has 0 unspecified atom stereocenters. The second-order valence-electron chi connectivity index (χ2n) is 9.22. The van der Waals surface area contributed by atoms with Gasteiger partial charge in [0.05, 0.1) is 29.4 Å². The highest BCUT2D eigenvalue weighted by Gasteiger charge is 2.43. The Morgan fingerprint density at radius 3 is 2.12 bits per heavy atom. The molecule has 3 nitrogen and oxygen atoms in total. The summed E-state index contributed by atoms with van der Waals surface area (Å²) in [6.45, 7) is 4.41. The lowest BCUT2D eigenvalue weighted by atomic mass is 9.87. The van der Waals surface area contributed by atoms with Gasteiger partial charge in [0.25, 0.3) is 0 Å². The first-order valence-electron chi connectivity index (χ1n) is 11.4. The zero-order valence-electron chi connectivity index (χ0n) is 18.8. The van der Waals surface area contributed by atoms with E-state index in [-0.39, 0.29) is 18.2 Å². The molecule has 0 spiro atoms. The van der Waals surface area contributed by atoms with Crippen molar-refractivity contribution in [1.82, 2.24) is 10.2 Å². The number of halogens is 6. The maximum atomic E-state index is 13.3. The molecule has 2 aromatic rings. The fraction of sp³-hybridized carbons (Fsp3) is 0.520. The summed E-state index contributed by atoms with van der Waals surface area (Å²) in [4.78, 5) is 2.43. The fourth-order valence-corrected chi connectivity index (χ4v) is 4.97. The Kier molecular flexibility index (Phi) is 6.99. The third-order valence-corrected chi connectivity index (χ3v) is 6.90. The number of rotatable bonds is 6. The number of nitrogens with one attached hydrogen (secondary N) is 1. The van der Waals surface area contributed by atoms with Crippen molar-refractivity contribution in [1.29, 1.82) is 0 Å². The molecule has 3 atom stereocenters. The molecule has 2 saturated heterocycles. The van der Waals surface area contributed by atoms with Crippen LogP contribution in [0.2, 0.25) is 0 Å². The number of nitrogens with zero attached hydrogens (tertiary/aromatic N) is 1. The first-order valence-corrected chi connectivity index (χ1v) is 11.4. The predicted molar refractivity (Wildman–Crippen MR) is 116 cm³/mol. The molecule has 4 rings (SSSR count). The van der Waals surface area contributed by atoms with Crippen molar-refractivity contribution >= 4 is 0 Å². The average Bonchev–Trinajstić information content (AvgIpc) is 3.47. The summed E-state index contributed by atoms with van der Waals surface area (Å²) in [5, 5.41) is 3.56. The van der Waals surface area contributed by atoms with Gasteiger partial charge in [-0.15, -0.1) is 0 Å². The van der Waals surface area contributed by atoms with Gasteiger partial charge in [-0.3, -0.25) is 4.90 Å². The van der Waals surface area contributed by atoms with Crippen LogP contribution in [-0.4, -0.2) is 37.2 Å². The van der Waals surface area contributed by atoms with E-state index in [9.17, 15) is 26.3 Å². The minimum Gasteiger partial charge on any atom is -0.372 e. The van der Waals surface area contributed by atoms with Crippen LogP contribution in [0.15, 0.2) is 48.5 Å². The predicted octanol–water partition coefficient (Wildman–Crippen LogP) is 6.16. The largest absolute Gasteiger partial charge is 0.416 e. The van der Waals surface area contributed by atoms with Gasteiger partial charge in [0.2, 0.25) is 0 Å². The molecule has 0 aliphatic carbocycles. The van der Waals surface area contributed by atoms with Crippen LogP contribution in [0.3, 0.4) is 0 Å². The molecule has 186 valence electrons. The highest BCUT2D eigenvalue weighted by atomic mass is 19.4. The number of hydrogen-bond donors (Lipinski definition) is 1. The minimum absolute atomic E-state index is 0.125. The van der Waals surface area contributed by atoms with Gasteiger partial charge < -0.3 is 10.1 Å². The Morgan fingerprint density at radius 1 is 0.971 bits per heavy atom. The Labute approximate surface area is 195 Å². The maximum Gasteiger partial charge on any atom is 0.416 e. The zero-order chi connectivity index (χ0) is 24.6. The lowest BCUT2D eigenvalue weighted by molar-refractivity contribution is -0.143. The quantitative estimate of drug-likeness (QED) is 0.496. The smallest absolute Gasteiger partial charge is 0.372 e. The Bertz CT molecular complexity index is 939. The number of benzene rings is 2. The van der Waals surface area contributed by atoms with E-state index in [0.29, 0.717) is 6.04 Å². The molecule has 0 saturated carbocycles. The van der Waals surface area contributed by atoms with Crippen LogP contribution in [0, 0.1) is 0 Å². The first-order chi connectivity index (χ1) is 16.0. The summed E-state index contributed by atoms with van der Waals surface area (Å²) in [6.07, 6.45) is -7.69. The molecule has 9 heteroatoms. The van der Waals surface area contributed by atoms with Gasteiger partial charge in [0, 0.05) is 12.6 Å². The van der Waals surface area contributed by atoms with Gasteiger partial charge in [-0.25, -0.2) is 0 Å². The van der Waals surface area contributed by atoms with Crippen molar-refractivity contribution in [3.63, 3.8) is 0 Å². The summed E-state index contributed by atoms with van der Waals surface area (Å²) >= 11 is 0. The van der Waals surface area contributed by atoms with E-state index >= 15 is 0 Å². The van der Waals surface area contributed by atoms with E-state index in [0.717, 1.165) is 56.6 Å². The van der Waals surface area contributed by atoms with Crippen LogP contribution in [0.1, 0.15) is 54.5 Å². The van der Waals surface area contributed by atoms with Gasteiger partial charge in [-0.05, 0) is 68.6 Å². The molecule has 0 amide bonds. The molecule has 1 N–H and O–H groups in total. The van der Waals surface area contributed by atoms with E-state index in [1.165, 1.54) is 6.92 Å². The molecule has 2 fully saturated rings. The number of alkyl halides is 6. The second kappa shape index (κ2) is 9.51. The van der Waals surface area contributed by atoms with E-state index in [2.05, 4.69) is 10.2 Å². The third-order valence-electron chi connectivity index (χ3n) is 6.90. The monoisotopic (exact) mass is 486 g/mol. The number of ether oxygens (including phenoxy) is 1. The van der Waals surface area contributed by atoms with Gasteiger partial charge >= 0.3 is 12.4 Å².